The van der Waals surface area contributed by atoms with Crippen LogP contribution in [-0.2, 0) is 11.3 Å². The van der Waals surface area contributed by atoms with Crippen LogP contribution < -0.4 is 5.32 Å². The van der Waals surface area contributed by atoms with Crippen LogP contribution in [-0.4, -0.2) is 39.6 Å². The number of hydrogen-bond donors (Lipinski definition) is 1. The fourth-order valence-electron chi connectivity index (χ4n) is 4.50. The van der Waals surface area contributed by atoms with Crippen molar-refractivity contribution in [3.05, 3.63) is 108 Å². The second kappa shape index (κ2) is 10.4. The molecule has 0 saturated carbocycles. The maximum Gasteiger partial charge on any atom is 0.257 e. The molecule has 4 aromatic rings. The molecule has 1 aromatic heterocycles. The molecule has 0 radical (unpaired) electrons. The first-order valence-electron chi connectivity index (χ1n) is 12.0. The minimum absolute atomic E-state index is 0.0471. The summed E-state index contributed by atoms with van der Waals surface area (Å²) in [5, 5.41) is 7.81. The third-order valence-corrected chi connectivity index (χ3v) is 6.48. The molecule has 2 heterocycles. The Hall–Kier alpha value is -4.19. The van der Waals surface area contributed by atoms with Crippen LogP contribution in [0.2, 0.25) is 0 Å². The Balaban J connectivity index is 1.29. The van der Waals surface area contributed by atoms with Crippen LogP contribution in [0.1, 0.15) is 28.8 Å². The number of hydrogen-bond acceptors (Lipinski definition) is 3. The van der Waals surface area contributed by atoms with E-state index in [-0.39, 0.29) is 17.7 Å². The van der Waals surface area contributed by atoms with Gasteiger partial charge in [-0.3, -0.25) is 9.59 Å². The van der Waals surface area contributed by atoms with Crippen LogP contribution in [0.25, 0.3) is 16.9 Å². The normalized spacial score (nSPS) is 14.0. The van der Waals surface area contributed by atoms with Crippen LogP contribution in [0.5, 0.6) is 0 Å². The Morgan fingerprint density at radius 2 is 1.43 bits per heavy atom. The number of amides is 2. The number of carbonyl (C=O) groups is 2. The van der Waals surface area contributed by atoms with Crippen molar-refractivity contribution >= 4 is 11.8 Å². The lowest BCUT2D eigenvalue weighted by molar-refractivity contribution is -0.126. The van der Waals surface area contributed by atoms with E-state index in [0.717, 1.165) is 16.8 Å². The first-order valence-corrected chi connectivity index (χ1v) is 12.0. The fraction of sp³-hybridized carbons (Fsp3) is 0.207. The largest absolute Gasteiger partial charge is 0.352 e. The van der Waals surface area contributed by atoms with Crippen molar-refractivity contribution in [2.75, 3.05) is 13.1 Å². The topological polar surface area (TPSA) is 67.2 Å². The highest BCUT2D eigenvalue weighted by Crippen LogP contribution is 2.27. The van der Waals surface area contributed by atoms with Crippen molar-refractivity contribution in [3.8, 4) is 16.9 Å². The number of piperidine rings is 1. The number of nitrogens with zero attached hydrogens (tertiary/aromatic N) is 3. The molecule has 1 fully saturated rings. The van der Waals surface area contributed by atoms with Crippen molar-refractivity contribution in [1.29, 1.82) is 0 Å². The molecule has 0 bridgehead atoms. The Morgan fingerprint density at radius 1 is 0.829 bits per heavy atom. The Morgan fingerprint density at radius 3 is 2.09 bits per heavy atom. The van der Waals surface area contributed by atoms with Crippen LogP contribution in [0, 0.1) is 5.92 Å². The fourth-order valence-corrected chi connectivity index (χ4v) is 4.50. The van der Waals surface area contributed by atoms with E-state index in [1.54, 1.807) is 4.68 Å². The Kier molecular flexibility index (Phi) is 6.70. The molecule has 0 atom stereocenters. The minimum atomic E-state index is -0.0802. The summed E-state index contributed by atoms with van der Waals surface area (Å²) in [5.74, 6) is -0.0691. The molecule has 2 amide bonds. The number of aromatic nitrogens is 2. The molecular formula is C29H28N4O2. The Bertz CT molecular complexity index is 1280. The van der Waals surface area contributed by atoms with Gasteiger partial charge in [0.05, 0.1) is 11.3 Å². The molecule has 1 aliphatic heterocycles. The van der Waals surface area contributed by atoms with Crippen molar-refractivity contribution in [2.24, 2.45) is 5.92 Å². The lowest BCUT2D eigenvalue weighted by Crippen LogP contribution is -2.43. The third-order valence-electron chi connectivity index (χ3n) is 6.48. The van der Waals surface area contributed by atoms with Gasteiger partial charge in [-0.2, -0.15) is 5.10 Å². The Labute approximate surface area is 205 Å². The highest BCUT2D eigenvalue weighted by Gasteiger charge is 2.30. The number of benzene rings is 3. The molecular weight excluding hydrogens is 436 g/mol. The van der Waals surface area contributed by atoms with Gasteiger partial charge in [0.1, 0.15) is 5.69 Å². The van der Waals surface area contributed by atoms with E-state index in [9.17, 15) is 9.59 Å². The molecule has 35 heavy (non-hydrogen) atoms. The van der Waals surface area contributed by atoms with Crippen molar-refractivity contribution in [1.82, 2.24) is 20.0 Å². The molecule has 0 aliphatic carbocycles. The van der Waals surface area contributed by atoms with Crippen LogP contribution in [0.4, 0.5) is 0 Å². The molecule has 3 aromatic carbocycles. The van der Waals surface area contributed by atoms with E-state index >= 15 is 0 Å². The number of rotatable bonds is 6. The highest BCUT2D eigenvalue weighted by atomic mass is 16.2. The summed E-state index contributed by atoms with van der Waals surface area (Å²) >= 11 is 0. The molecule has 0 unspecified atom stereocenters. The molecule has 6 nitrogen and oxygen atoms in total. The SMILES string of the molecule is O=C(NCc1ccccc1)C1CCN(C(=O)c2cn(-c3ccccc3)nc2-c2ccccc2)CC1. The van der Waals surface area contributed by atoms with Gasteiger partial charge < -0.3 is 10.2 Å². The zero-order valence-electron chi connectivity index (χ0n) is 19.5. The van der Waals surface area contributed by atoms with Crippen molar-refractivity contribution in [2.45, 2.75) is 19.4 Å². The number of para-hydroxylation sites is 1. The van der Waals surface area contributed by atoms with E-state index in [1.807, 2.05) is 102 Å². The summed E-state index contributed by atoms with van der Waals surface area (Å²) in [6, 6.07) is 29.5. The zero-order valence-corrected chi connectivity index (χ0v) is 19.5. The first kappa shape index (κ1) is 22.6. The van der Waals surface area contributed by atoms with Crippen LogP contribution in [0.3, 0.4) is 0 Å². The van der Waals surface area contributed by atoms with Crippen molar-refractivity contribution in [3.63, 3.8) is 0 Å². The average molecular weight is 465 g/mol. The predicted molar refractivity (Wildman–Crippen MR) is 136 cm³/mol. The maximum absolute atomic E-state index is 13.6. The molecule has 1 aliphatic rings. The second-order valence-corrected chi connectivity index (χ2v) is 8.81. The number of carbonyl (C=O) groups excluding carboxylic acids is 2. The minimum Gasteiger partial charge on any atom is -0.352 e. The first-order chi connectivity index (χ1) is 17.2. The lowest BCUT2D eigenvalue weighted by Gasteiger charge is -2.31. The van der Waals surface area contributed by atoms with Crippen LogP contribution in [0.15, 0.2) is 97.2 Å². The summed E-state index contributed by atoms with van der Waals surface area (Å²) in [6.07, 6.45) is 3.12. The van der Waals surface area contributed by atoms with Crippen LogP contribution >= 0.6 is 0 Å². The molecule has 6 heteroatoms. The van der Waals surface area contributed by atoms with E-state index in [2.05, 4.69) is 5.32 Å². The highest BCUT2D eigenvalue weighted by molar-refractivity contribution is 6.00. The van der Waals surface area contributed by atoms with Gasteiger partial charge in [-0.05, 0) is 30.5 Å². The lowest BCUT2D eigenvalue weighted by atomic mass is 9.95. The average Bonchev–Trinajstić information content (AvgIpc) is 3.39. The molecule has 5 rings (SSSR count). The quantitative estimate of drug-likeness (QED) is 0.450. The smallest absolute Gasteiger partial charge is 0.257 e. The van der Waals surface area contributed by atoms with Gasteiger partial charge in [0.2, 0.25) is 5.91 Å². The summed E-state index contributed by atoms with van der Waals surface area (Å²) in [7, 11) is 0. The van der Waals surface area contributed by atoms with E-state index < -0.39 is 0 Å². The molecule has 1 saturated heterocycles. The van der Waals surface area contributed by atoms with E-state index in [4.69, 9.17) is 5.10 Å². The number of likely N-dealkylation sites (tertiary alicyclic amines) is 1. The van der Waals surface area contributed by atoms with Gasteiger partial charge in [0.15, 0.2) is 0 Å². The monoisotopic (exact) mass is 464 g/mol. The molecule has 176 valence electrons. The van der Waals surface area contributed by atoms with E-state index in [0.29, 0.717) is 43.7 Å². The number of nitrogens with one attached hydrogen (secondary N) is 1. The summed E-state index contributed by atoms with van der Waals surface area (Å²) in [4.78, 5) is 28.1. The summed E-state index contributed by atoms with van der Waals surface area (Å²) in [5.41, 5.74) is 4.13. The van der Waals surface area contributed by atoms with Gasteiger partial charge in [-0.15, -0.1) is 0 Å². The summed E-state index contributed by atoms with van der Waals surface area (Å²) in [6.45, 7) is 1.62. The molecule has 0 spiro atoms. The standard InChI is InChI=1S/C29H28N4O2/c34-28(30-20-22-10-4-1-5-11-22)24-16-18-32(19-17-24)29(35)26-21-33(25-14-8-3-9-15-25)31-27(26)23-12-6-2-7-13-23/h1-15,21,24H,16-20H2,(H,30,34). The zero-order chi connectivity index (χ0) is 24.0. The van der Waals surface area contributed by atoms with E-state index in [1.165, 1.54) is 0 Å². The van der Waals surface area contributed by atoms with Gasteiger partial charge in [-0.1, -0.05) is 78.9 Å². The molecule has 1 N–H and O–H groups in total. The van der Waals surface area contributed by atoms with Gasteiger partial charge in [0, 0.05) is 37.3 Å². The van der Waals surface area contributed by atoms with Gasteiger partial charge in [-0.25, -0.2) is 4.68 Å². The third kappa shape index (κ3) is 5.17. The maximum atomic E-state index is 13.6. The predicted octanol–water partition coefficient (Wildman–Crippen LogP) is 4.71. The van der Waals surface area contributed by atoms with Crippen molar-refractivity contribution < 1.29 is 9.59 Å². The second-order valence-electron chi connectivity index (χ2n) is 8.81. The summed E-state index contributed by atoms with van der Waals surface area (Å²) < 4.78 is 1.76. The van der Waals surface area contributed by atoms with Gasteiger partial charge >= 0.3 is 0 Å². The van der Waals surface area contributed by atoms with Gasteiger partial charge in [0.25, 0.3) is 5.91 Å².